The van der Waals surface area contributed by atoms with Crippen molar-refractivity contribution >= 4 is 71.2 Å². The lowest BCUT2D eigenvalue weighted by Crippen LogP contribution is -2.39. The van der Waals surface area contributed by atoms with E-state index in [1.54, 1.807) is 0 Å². The fourth-order valence-corrected chi connectivity index (χ4v) is 9.14. The van der Waals surface area contributed by atoms with E-state index in [9.17, 15) is 0 Å². The van der Waals surface area contributed by atoms with Gasteiger partial charge in [-0.1, -0.05) is 127 Å². The summed E-state index contributed by atoms with van der Waals surface area (Å²) >= 11 is 0. The van der Waals surface area contributed by atoms with E-state index in [2.05, 4.69) is 208 Å². The van der Waals surface area contributed by atoms with Crippen LogP contribution in [0, 0.1) is 0 Å². The Hall–Kier alpha value is -7.34. The molecule has 0 spiro atoms. The summed E-state index contributed by atoms with van der Waals surface area (Å²) in [5.41, 5.74) is 13.3. The number of hydrogen-bond acceptors (Lipinski definition) is 3. The van der Waals surface area contributed by atoms with Crippen molar-refractivity contribution in [2.45, 2.75) is 12.2 Å². The molecule has 0 saturated carbocycles. The highest BCUT2D eigenvalue weighted by molar-refractivity contribution is 6.22. The van der Waals surface area contributed by atoms with Gasteiger partial charge < -0.3 is 18.9 Å². The third kappa shape index (κ3) is 5.06. The molecule has 2 N–H and O–H groups in total. The molecule has 0 saturated heterocycles. The van der Waals surface area contributed by atoms with Crippen molar-refractivity contribution < 1.29 is 4.42 Å². The van der Waals surface area contributed by atoms with E-state index in [1.165, 1.54) is 49.2 Å². The number of aromatic nitrogens is 2. The third-order valence-corrected chi connectivity index (χ3v) is 11.8. The van der Waals surface area contributed by atoms with Gasteiger partial charge in [-0.25, -0.2) is 0 Å². The van der Waals surface area contributed by atoms with E-state index < -0.39 is 0 Å². The van der Waals surface area contributed by atoms with Gasteiger partial charge in [0.05, 0.1) is 28.1 Å². The van der Waals surface area contributed by atoms with Crippen molar-refractivity contribution in [1.29, 1.82) is 0 Å². The second kappa shape index (κ2) is 12.6. The Balaban J connectivity index is 1.07. The van der Waals surface area contributed by atoms with Crippen molar-refractivity contribution in [3.05, 3.63) is 211 Å². The highest BCUT2D eigenvalue weighted by Gasteiger charge is 2.25. The first-order chi connectivity index (χ1) is 28.2. The molecule has 0 radical (unpaired) electrons. The van der Waals surface area contributed by atoms with E-state index in [0.29, 0.717) is 0 Å². The monoisotopic (exact) mass is 732 g/mol. The van der Waals surface area contributed by atoms with Crippen LogP contribution in [0.1, 0.15) is 28.9 Å². The van der Waals surface area contributed by atoms with E-state index in [-0.39, 0.29) is 12.2 Å². The summed E-state index contributed by atoms with van der Waals surface area (Å²) in [6.07, 6.45) is 2.18. The molecular weight excluding hydrogens is 697 g/mol. The van der Waals surface area contributed by atoms with E-state index in [0.717, 1.165) is 50.1 Å². The minimum absolute atomic E-state index is 0.0404. The minimum atomic E-state index is -0.119. The number of benzene rings is 8. The van der Waals surface area contributed by atoms with Crippen LogP contribution < -0.4 is 10.6 Å². The van der Waals surface area contributed by atoms with Crippen LogP contribution in [0.15, 0.2) is 199 Å². The molecule has 0 bridgehead atoms. The van der Waals surface area contributed by atoms with Gasteiger partial charge in [0.2, 0.25) is 0 Å². The average Bonchev–Trinajstić information content (AvgIpc) is 3.92. The van der Waals surface area contributed by atoms with Crippen LogP contribution in [0.4, 0.5) is 0 Å². The standard InChI is InChI=1S/C52H36N4O/c1-4-15-33(16-5-1)44-31-45(34-17-6-2-7-18-34)54-52(53-44)35-19-14-22-37(27-35)56-46-25-12-10-23-38(46)41-29-48-42(30-47(41)56)40-28-43-39-24-11-13-26-50(39)57-51(43)32-49(40)55(48)36-20-8-3-9-21-36/h1-32,44,52-54H. The Morgan fingerprint density at radius 3 is 1.81 bits per heavy atom. The van der Waals surface area contributed by atoms with Gasteiger partial charge in [-0.3, -0.25) is 5.32 Å². The number of nitrogens with zero attached hydrogens (tertiary/aromatic N) is 2. The second-order valence-electron chi connectivity index (χ2n) is 15.0. The maximum Gasteiger partial charge on any atom is 0.137 e. The molecule has 12 rings (SSSR count). The summed E-state index contributed by atoms with van der Waals surface area (Å²) in [5, 5.41) is 14.9. The first-order valence-corrected chi connectivity index (χ1v) is 19.6. The number of nitrogens with one attached hydrogen (secondary N) is 2. The molecule has 11 aromatic rings. The predicted molar refractivity (Wildman–Crippen MR) is 235 cm³/mol. The number of para-hydroxylation sites is 3. The lowest BCUT2D eigenvalue weighted by molar-refractivity contribution is 0.442. The summed E-state index contributed by atoms with van der Waals surface area (Å²) in [7, 11) is 0. The highest BCUT2D eigenvalue weighted by Crippen LogP contribution is 2.42. The molecule has 57 heavy (non-hydrogen) atoms. The zero-order valence-corrected chi connectivity index (χ0v) is 30.9. The van der Waals surface area contributed by atoms with Crippen LogP contribution in [-0.2, 0) is 0 Å². The Bertz CT molecular complexity index is 3360. The van der Waals surface area contributed by atoms with Gasteiger partial charge in [0.25, 0.3) is 0 Å². The van der Waals surface area contributed by atoms with Gasteiger partial charge in [-0.15, -0.1) is 0 Å². The number of hydrogen-bond donors (Lipinski definition) is 2. The van der Waals surface area contributed by atoms with E-state index >= 15 is 0 Å². The van der Waals surface area contributed by atoms with Crippen molar-refractivity contribution in [3.8, 4) is 11.4 Å². The SMILES string of the molecule is C1=C(c2ccccc2)NC(c2cccc(-n3c4ccccc4c4cc5c(cc43)c3cc4c(cc3n5-c3ccccc3)oc3ccccc34)c2)NC1c1ccccc1. The third-order valence-electron chi connectivity index (χ3n) is 11.8. The number of rotatable bonds is 5. The van der Waals surface area contributed by atoms with Crippen LogP contribution in [0.3, 0.4) is 0 Å². The molecule has 0 aliphatic carbocycles. The first-order valence-electron chi connectivity index (χ1n) is 19.6. The highest BCUT2D eigenvalue weighted by atomic mass is 16.3. The summed E-state index contributed by atoms with van der Waals surface area (Å²) in [6.45, 7) is 0. The zero-order chi connectivity index (χ0) is 37.5. The van der Waals surface area contributed by atoms with Gasteiger partial charge in [-0.05, 0) is 77.4 Å². The molecule has 4 heterocycles. The largest absolute Gasteiger partial charge is 0.456 e. The summed E-state index contributed by atoms with van der Waals surface area (Å²) in [4.78, 5) is 0. The van der Waals surface area contributed by atoms with Gasteiger partial charge in [-0.2, -0.15) is 0 Å². The molecule has 5 heteroatoms. The Kier molecular flexibility index (Phi) is 7.06. The maximum atomic E-state index is 6.44. The van der Waals surface area contributed by atoms with E-state index in [4.69, 9.17) is 4.42 Å². The first kappa shape index (κ1) is 32.0. The van der Waals surface area contributed by atoms with Crippen molar-refractivity contribution in [2.24, 2.45) is 0 Å². The van der Waals surface area contributed by atoms with Crippen LogP contribution in [-0.4, -0.2) is 9.13 Å². The fourth-order valence-electron chi connectivity index (χ4n) is 9.14. The molecular formula is C52H36N4O. The average molecular weight is 733 g/mol. The van der Waals surface area contributed by atoms with Gasteiger partial charge in [0, 0.05) is 55.5 Å². The maximum absolute atomic E-state index is 6.44. The van der Waals surface area contributed by atoms with Crippen LogP contribution >= 0.6 is 0 Å². The molecule has 270 valence electrons. The molecule has 2 atom stereocenters. The number of fused-ring (bicyclic) bond motifs is 9. The van der Waals surface area contributed by atoms with Gasteiger partial charge >= 0.3 is 0 Å². The quantitative estimate of drug-likeness (QED) is 0.185. The Morgan fingerprint density at radius 2 is 1.00 bits per heavy atom. The molecule has 8 aromatic carbocycles. The lowest BCUT2D eigenvalue weighted by atomic mass is 9.98. The zero-order valence-electron chi connectivity index (χ0n) is 30.9. The molecule has 0 amide bonds. The molecule has 1 aliphatic heterocycles. The van der Waals surface area contributed by atoms with Crippen LogP contribution in [0.25, 0.3) is 82.6 Å². The smallest absolute Gasteiger partial charge is 0.137 e. The summed E-state index contributed by atoms with van der Waals surface area (Å²) < 4.78 is 11.3. The van der Waals surface area contributed by atoms with Gasteiger partial charge in [0.15, 0.2) is 0 Å². The molecule has 5 nitrogen and oxygen atoms in total. The molecule has 3 aromatic heterocycles. The fraction of sp³-hybridized carbons (Fsp3) is 0.0385. The van der Waals surface area contributed by atoms with Crippen LogP contribution in [0.2, 0.25) is 0 Å². The van der Waals surface area contributed by atoms with Crippen molar-refractivity contribution in [3.63, 3.8) is 0 Å². The normalized spacial score (nSPS) is 15.9. The number of furan rings is 1. The lowest BCUT2D eigenvalue weighted by Gasteiger charge is -2.33. The van der Waals surface area contributed by atoms with Crippen molar-refractivity contribution in [2.75, 3.05) is 0 Å². The van der Waals surface area contributed by atoms with Gasteiger partial charge in [0.1, 0.15) is 17.3 Å². The van der Waals surface area contributed by atoms with Crippen molar-refractivity contribution in [1.82, 2.24) is 19.8 Å². The predicted octanol–water partition coefficient (Wildman–Crippen LogP) is 12.8. The molecule has 1 aliphatic rings. The molecule has 0 fully saturated rings. The Morgan fingerprint density at radius 1 is 0.404 bits per heavy atom. The minimum Gasteiger partial charge on any atom is -0.456 e. The summed E-state index contributed by atoms with van der Waals surface area (Å²) in [5.74, 6) is 0. The second-order valence-corrected chi connectivity index (χ2v) is 15.0. The van der Waals surface area contributed by atoms with E-state index in [1.807, 2.05) is 6.07 Å². The summed E-state index contributed by atoms with van der Waals surface area (Å²) in [6, 6.07) is 67.5. The molecule has 2 unspecified atom stereocenters. The van der Waals surface area contributed by atoms with Crippen LogP contribution in [0.5, 0.6) is 0 Å². The topological polar surface area (TPSA) is 47.1 Å². The Labute approximate surface area is 328 Å².